The van der Waals surface area contributed by atoms with E-state index in [0.717, 1.165) is 33.8 Å². The number of hydrogen-bond acceptors (Lipinski definition) is 2. The molecule has 0 amide bonds. The number of hydrogen-bond donors (Lipinski definition) is 0. The van der Waals surface area contributed by atoms with Crippen LogP contribution in [0.5, 0.6) is 11.5 Å². The highest BCUT2D eigenvalue weighted by atomic mass is 35.5. The van der Waals surface area contributed by atoms with Crippen molar-refractivity contribution >= 4 is 23.2 Å². The first-order valence-corrected chi connectivity index (χ1v) is 9.13. The van der Waals surface area contributed by atoms with Gasteiger partial charge >= 0.3 is 0 Å². The van der Waals surface area contributed by atoms with Gasteiger partial charge in [-0.3, -0.25) is 0 Å². The topological polar surface area (TPSA) is 18.5 Å². The molecule has 0 spiro atoms. The molecule has 0 aromatic heterocycles. The van der Waals surface area contributed by atoms with Crippen LogP contribution < -0.4 is 9.47 Å². The predicted octanol–water partition coefficient (Wildman–Crippen LogP) is 6.77. The minimum absolute atomic E-state index is 0.474. The Balaban J connectivity index is 1.69. The van der Waals surface area contributed by atoms with Gasteiger partial charge in [-0.1, -0.05) is 47.5 Å². The molecule has 0 saturated heterocycles. The van der Waals surface area contributed by atoms with Gasteiger partial charge in [-0.15, -0.1) is 0 Å². The fraction of sp³-hybridized carbons (Fsp3) is 0.182. The molecule has 0 unspecified atom stereocenters. The Morgan fingerprint density at radius 3 is 1.46 bits per heavy atom. The van der Waals surface area contributed by atoms with Crippen molar-refractivity contribution in [3.63, 3.8) is 0 Å². The molecule has 2 nitrogen and oxygen atoms in total. The van der Waals surface area contributed by atoms with Crippen molar-refractivity contribution in [2.75, 3.05) is 0 Å². The molecule has 0 saturated carbocycles. The maximum absolute atomic E-state index is 6.00. The summed E-state index contributed by atoms with van der Waals surface area (Å²) in [4.78, 5) is 0. The van der Waals surface area contributed by atoms with Gasteiger partial charge in [0.25, 0.3) is 0 Å². The Hall–Kier alpha value is -2.16. The second-order valence-electron chi connectivity index (χ2n) is 6.17. The molecular formula is C22H20Cl2O2. The SMILES string of the molecule is Cc1cc(Cl)ccc1OCc1ccccc1COc1ccc(Cl)cc1C. The number of ether oxygens (including phenoxy) is 2. The molecule has 0 radical (unpaired) electrons. The fourth-order valence-corrected chi connectivity index (χ4v) is 3.15. The van der Waals surface area contributed by atoms with Crippen LogP contribution in [-0.4, -0.2) is 0 Å². The molecule has 0 bridgehead atoms. The summed E-state index contributed by atoms with van der Waals surface area (Å²) in [5.74, 6) is 1.66. The van der Waals surface area contributed by atoms with Crippen molar-refractivity contribution in [1.29, 1.82) is 0 Å². The minimum atomic E-state index is 0.474. The van der Waals surface area contributed by atoms with Crippen LogP contribution in [0.2, 0.25) is 10.0 Å². The highest BCUT2D eigenvalue weighted by Crippen LogP contribution is 2.25. The van der Waals surface area contributed by atoms with E-state index < -0.39 is 0 Å². The van der Waals surface area contributed by atoms with Crippen molar-refractivity contribution in [2.45, 2.75) is 27.1 Å². The number of halogens is 2. The van der Waals surface area contributed by atoms with E-state index in [0.29, 0.717) is 23.3 Å². The van der Waals surface area contributed by atoms with Gasteiger partial charge in [0.1, 0.15) is 24.7 Å². The second kappa shape index (κ2) is 8.48. The van der Waals surface area contributed by atoms with Crippen LogP contribution in [0.15, 0.2) is 60.7 Å². The van der Waals surface area contributed by atoms with E-state index in [1.807, 2.05) is 62.4 Å². The molecule has 0 heterocycles. The van der Waals surface area contributed by atoms with Crippen LogP contribution >= 0.6 is 23.2 Å². The van der Waals surface area contributed by atoms with Crippen molar-refractivity contribution < 1.29 is 9.47 Å². The fourth-order valence-electron chi connectivity index (χ4n) is 2.70. The third-order valence-corrected chi connectivity index (χ3v) is 4.63. The van der Waals surface area contributed by atoms with E-state index >= 15 is 0 Å². The van der Waals surface area contributed by atoms with Gasteiger partial charge < -0.3 is 9.47 Å². The summed E-state index contributed by atoms with van der Waals surface area (Å²) in [5.41, 5.74) is 4.22. The summed E-state index contributed by atoms with van der Waals surface area (Å²) in [5, 5.41) is 1.42. The molecule has 0 fully saturated rings. The molecule has 0 aliphatic heterocycles. The molecule has 3 aromatic carbocycles. The molecule has 134 valence electrons. The van der Waals surface area contributed by atoms with E-state index in [-0.39, 0.29) is 0 Å². The zero-order valence-corrected chi connectivity index (χ0v) is 16.3. The van der Waals surface area contributed by atoms with Crippen LogP contribution in [0.1, 0.15) is 22.3 Å². The van der Waals surface area contributed by atoms with Crippen molar-refractivity contribution in [1.82, 2.24) is 0 Å². The standard InChI is InChI=1S/C22H20Cl2O2/c1-15-11-19(23)7-9-21(15)25-13-17-5-3-4-6-18(17)14-26-22-10-8-20(24)12-16(22)2/h3-12H,13-14H2,1-2H3. The minimum Gasteiger partial charge on any atom is -0.489 e. The Labute approximate surface area is 164 Å². The van der Waals surface area contributed by atoms with Crippen LogP contribution in [-0.2, 0) is 13.2 Å². The molecule has 0 aliphatic carbocycles. The quantitative estimate of drug-likeness (QED) is 0.465. The smallest absolute Gasteiger partial charge is 0.122 e. The van der Waals surface area contributed by atoms with Crippen molar-refractivity contribution in [2.24, 2.45) is 0 Å². The summed E-state index contributed by atoms with van der Waals surface area (Å²) in [7, 11) is 0. The van der Waals surface area contributed by atoms with E-state index in [1.165, 1.54) is 0 Å². The summed E-state index contributed by atoms with van der Waals surface area (Å²) in [6.45, 7) is 4.92. The second-order valence-corrected chi connectivity index (χ2v) is 7.04. The summed E-state index contributed by atoms with van der Waals surface area (Å²) < 4.78 is 12.0. The van der Waals surface area contributed by atoms with E-state index in [4.69, 9.17) is 32.7 Å². The third-order valence-electron chi connectivity index (χ3n) is 4.16. The normalized spacial score (nSPS) is 10.6. The Bertz CT molecular complexity index is 832. The van der Waals surface area contributed by atoms with Crippen LogP contribution in [0.3, 0.4) is 0 Å². The Morgan fingerprint density at radius 2 is 1.08 bits per heavy atom. The zero-order chi connectivity index (χ0) is 18.5. The van der Waals surface area contributed by atoms with E-state index in [1.54, 1.807) is 0 Å². The van der Waals surface area contributed by atoms with E-state index in [9.17, 15) is 0 Å². The average Bonchev–Trinajstić information content (AvgIpc) is 2.61. The first-order valence-electron chi connectivity index (χ1n) is 8.37. The maximum atomic E-state index is 6.00. The Morgan fingerprint density at radius 1 is 0.654 bits per heavy atom. The molecular weight excluding hydrogens is 367 g/mol. The summed E-state index contributed by atoms with van der Waals surface area (Å²) in [6.07, 6.45) is 0. The molecule has 0 N–H and O–H groups in total. The molecule has 0 aliphatic rings. The number of benzene rings is 3. The lowest BCUT2D eigenvalue weighted by atomic mass is 10.1. The lowest BCUT2D eigenvalue weighted by Crippen LogP contribution is -2.04. The average molecular weight is 387 g/mol. The lowest BCUT2D eigenvalue weighted by molar-refractivity contribution is 0.283. The van der Waals surface area contributed by atoms with Gasteiger partial charge in [-0.2, -0.15) is 0 Å². The molecule has 3 aromatic rings. The lowest BCUT2D eigenvalue weighted by Gasteiger charge is -2.14. The van der Waals surface area contributed by atoms with Gasteiger partial charge in [0.15, 0.2) is 0 Å². The summed E-state index contributed by atoms with van der Waals surface area (Å²) in [6, 6.07) is 19.4. The number of rotatable bonds is 6. The van der Waals surface area contributed by atoms with Crippen molar-refractivity contribution in [3.05, 3.63) is 93.0 Å². The first kappa shape index (κ1) is 18.6. The largest absolute Gasteiger partial charge is 0.489 e. The van der Waals surface area contributed by atoms with Crippen molar-refractivity contribution in [3.8, 4) is 11.5 Å². The van der Waals surface area contributed by atoms with Gasteiger partial charge in [0.05, 0.1) is 0 Å². The Kier molecular flexibility index (Phi) is 6.08. The van der Waals surface area contributed by atoms with Gasteiger partial charge in [0, 0.05) is 10.0 Å². The predicted molar refractivity (Wildman–Crippen MR) is 107 cm³/mol. The van der Waals surface area contributed by atoms with Crippen LogP contribution in [0, 0.1) is 13.8 Å². The van der Waals surface area contributed by atoms with Gasteiger partial charge in [0.2, 0.25) is 0 Å². The van der Waals surface area contributed by atoms with Gasteiger partial charge in [-0.25, -0.2) is 0 Å². The number of aryl methyl sites for hydroxylation is 2. The third kappa shape index (κ3) is 4.72. The van der Waals surface area contributed by atoms with Gasteiger partial charge in [-0.05, 0) is 72.5 Å². The maximum Gasteiger partial charge on any atom is 0.122 e. The molecule has 0 atom stereocenters. The molecule has 4 heteroatoms. The highest BCUT2D eigenvalue weighted by Gasteiger charge is 2.07. The highest BCUT2D eigenvalue weighted by molar-refractivity contribution is 6.31. The van der Waals surface area contributed by atoms with E-state index in [2.05, 4.69) is 12.1 Å². The first-order chi connectivity index (χ1) is 12.5. The molecule has 26 heavy (non-hydrogen) atoms. The summed E-state index contributed by atoms with van der Waals surface area (Å²) >= 11 is 12.0. The zero-order valence-electron chi connectivity index (χ0n) is 14.8. The molecule has 3 rings (SSSR count). The van der Waals surface area contributed by atoms with Crippen LogP contribution in [0.4, 0.5) is 0 Å². The monoisotopic (exact) mass is 386 g/mol. The van der Waals surface area contributed by atoms with Crippen LogP contribution in [0.25, 0.3) is 0 Å².